The van der Waals surface area contributed by atoms with Crippen molar-refractivity contribution >= 4 is 12.0 Å². The maximum atomic E-state index is 13.1. The van der Waals surface area contributed by atoms with E-state index in [2.05, 4.69) is 14.9 Å². The molecule has 1 aromatic heterocycles. The first-order valence-corrected chi connectivity index (χ1v) is 10.3. The van der Waals surface area contributed by atoms with Gasteiger partial charge in [0, 0.05) is 45.2 Å². The van der Waals surface area contributed by atoms with Crippen LogP contribution < -0.4 is 5.32 Å². The topological polar surface area (TPSA) is 79.7 Å². The van der Waals surface area contributed by atoms with Crippen molar-refractivity contribution in [2.75, 3.05) is 26.2 Å². The number of carbonyl (C=O) groups excluding carboxylic acids is 2. The summed E-state index contributed by atoms with van der Waals surface area (Å²) >= 11 is 0. The number of ether oxygens (including phenoxy) is 1. The lowest BCUT2D eigenvalue weighted by Crippen LogP contribution is -2.51. The molecule has 1 aromatic rings. The van der Waals surface area contributed by atoms with Crippen LogP contribution in [0.2, 0.25) is 0 Å². The van der Waals surface area contributed by atoms with Gasteiger partial charge in [-0.05, 0) is 25.7 Å². The lowest BCUT2D eigenvalue weighted by molar-refractivity contribution is 0.0627. The number of amides is 2. The monoisotopic (exact) mass is 373 g/mol. The highest BCUT2D eigenvalue weighted by Crippen LogP contribution is 2.29. The number of hydrogen-bond acceptors (Lipinski definition) is 5. The second kappa shape index (κ2) is 6.82. The number of piperidine rings is 1. The Morgan fingerprint density at radius 1 is 1.15 bits per heavy atom. The lowest BCUT2D eigenvalue weighted by atomic mass is 10.0. The number of likely N-dealkylation sites (tertiary alicyclic amines) is 1. The normalized spacial score (nSPS) is 28.7. The maximum absolute atomic E-state index is 13.1. The standard InChI is InChI=1S/C19H27N5O3/c25-18(15-11-21-17-4-2-1-3-7-23(15)17)22-8-5-13(6-9-22)24-14-10-20-12-16(14)27-19(24)26/h11,13-14,16,20H,1-10,12H2/t14-,16+/m1/s1. The van der Waals surface area contributed by atoms with E-state index in [4.69, 9.17) is 4.74 Å². The molecular weight excluding hydrogens is 346 g/mol. The first-order valence-electron chi connectivity index (χ1n) is 10.3. The van der Waals surface area contributed by atoms with Gasteiger partial charge in [0.25, 0.3) is 5.91 Å². The lowest BCUT2D eigenvalue weighted by Gasteiger charge is -2.37. The van der Waals surface area contributed by atoms with Gasteiger partial charge in [0.1, 0.15) is 17.6 Å². The van der Waals surface area contributed by atoms with Crippen LogP contribution in [0.25, 0.3) is 0 Å². The van der Waals surface area contributed by atoms with E-state index >= 15 is 0 Å². The van der Waals surface area contributed by atoms with Crippen molar-refractivity contribution in [2.45, 2.75) is 63.3 Å². The molecule has 1 N–H and O–H groups in total. The van der Waals surface area contributed by atoms with Gasteiger partial charge >= 0.3 is 6.09 Å². The fourth-order valence-corrected chi connectivity index (χ4v) is 5.06. The molecule has 0 bridgehead atoms. The highest BCUT2D eigenvalue weighted by atomic mass is 16.6. The highest BCUT2D eigenvalue weighted by molar-refractivity contribution is 5.92. The number of imidazole rings is 1. The second-order valence-electron chi connectivity index (χ2n) is 8.10. The van der Waals surface area contributed by atoms with E-state index in [0.29, 0.717) is 13.1 Å². The number of nitrogens with zero attached hydrogens (tertiary/aromatic N) is 4. The number of carbonyl (C=O) groups is 2. The van der Waals surface area contributed by atoms with Crippen LogP contribution in [0.4, 0.5) is 4.79 Å². The maximum Gasteiger partial charge on any atom is 0.410 e. The quantitative estimate of drug-likeness (QED) is 0.837. The van der Waals surface area contributed by atoms with Crippen molar-refractivity contribution in [2.24, 2.45) is 0 Å². The number of aryl methyl sites for hydroxylation is 1. The van der Waals surface area contributed by atoms with Gasteiger partial charge in [0.2, 0.25) is 0 Å². The van der Waals surface area contributed by atoms with Crippen molar-refractivity contribution < 1.29 is 14.3 Å². The van der Waals surface area contributed by atoms with Crippen LogP contribution in [0.3, 0.4) is 0 Å². The van der Waals surface area contributed by atoms with Crippen LogP contribution in [0.15, 0.2) is 6.20 Å². The largest absolute Gasteiger partial charge is 0.442 e. The molecule has 5 rings (SSSR count). The van der Waals surface area contributed by atoms with E-state index in [1.165, 1.54) is 6.42 Å². The third kappa shape index (κ3) is 2.90. The van der Waals surface area contributed by atoms with Gasteiger partial charge < -0.3 is 19.5 Å². The molecule has 2 amide bonds. The Morgan fingerprint density at radius 2 is 2.00 bits per heavy atom. The van der Waals surface area contributed by atoms with Crippen molar-refractivity contribution in [1.29, 1.82) is 0 Å². The van der Waals surface area contributed by atoms with Crippen LogP contribution in [0, 0.1) is 0 Å². The Hall–Kier alpha value is -2.09. The molecule has 3 fully saturated rings. The van der Waals surface area contributed by atoms with E-state index in [-0.39, 0.29) is 30.2 Å². The molecule has 5 heterocycles. The molecule has 8 heteroatoms. The predicted octanol–water partition coefficient (Wildman–Crippen LogP) is 1.01. The molecule has 4 aliphatic rings. The number of fused-ring (bicyclic) bond motifs is 2. The number of rotatable bonds is 2. The Morgan fingerprint density at radius 3 is 2.85 bits per heavy atom. The minimum absolute atomic E-state index is 0.0144. The van der Waals surface area contributed by atoms with Crippen LogP contribution in [0.1, 0.15) is 48.4 Å². The first-order chi connectivity index (χ1) is 13.2. The molecule has 4 aliphatic heterocycles. The fourth-order valence-electron chi connectivity index (χ4n) is 5.06. The fraction of sp³-hybridized carbons (Fsp3) is 0.737. The summed E-state index contributed by atoms with van der Waals surface area (Å²) in [7, 11) is 0. The minimum atomic E-state index is -0.183. The Labute approximate surface area is 158 Å². The summed E-state index contributed by atoms with van der Waals surface area (Å²) in [6, 6.07) is 0.314. The molecule has 27 heavy (non-hydrogen) atoms. The Balaban J connectivity index is 1.25. The summed E-state index contributed by atoms with van der Waals surface area (Å²) < 4.78 is 7.61. The molecule has 0 aliphatic carbocycles. The molecule has 2 atom stereocenters. The van der Waals surface area contributed by atoms with Gasteiger partial charge in [-0.3, -0.25) is 9.69 Å². The third-order valence-corrected chi connectivity index (χ3v) is 6.53. The van der Waals surface area contributed by atoms with Crippen molar-refractivity contribution in [3.05, 3.63) is 17.7 Å². The average Bonchev–Trinajstić information content (AvgIpc) is 3.31. The second-order valence-corrected chi connectivity index (χ2v) is 8.10. The predicted molar refractivity (Wildman–Crippen MR) is 97.5 cm³/mol. The van der Waals surface area contributed by atoms with E-state index in [1.807, 2.05) is 9.80 Å². The highest BCUT2D eigenvalue weighted by Gasteiger charge is 2.48. The SMILES string of the molecule is O=C(c1cnc2n1CCCCC2)N1CCC(N2C(=O)O[C@H]3CNC[C@H]32)CC1. The third-order valence-electron chi connectivity index (χ3n) is 6.53. The van der Waals surface area contributed by atoms with Crippen LogP contribution in [-0.4, -0.2) is 75.7 Å². The van der Waals surface area contributed by atoms with Crippen molar-refractivity contribution in [3.63, 3.8) is 0 Å². The van der Waals surface area contributed by atoms with Crippen molar-refractivity contribution in [1.82, 2.24) is 24.7 Å². The summed E-state index contributed by atoms with van der Waals surface area (Å²) in [6.45, 7) is 3.80. The molecule has 0 radical (unpaired) electrons. The number of hydrogen-bond donors (Lipinski definition) is 1. The summed E-state index contributed by atoms with van der Waals surface area (Å²) in [5.41, 5.74) is 0.728. The zero-order valence-corrected chi connectivity index (χ0v) is 15.6. The molecule has 0 saturated carbocycles. The Kier molecular flexibility index (Phi) is 4.30. The minimum Gasteiger partial charge on any atom is -0.442 e. The summed E-state index contributed by atoms with van der Waals surface area (Å²) in [6.07, 6.45) is 7.60. The zero-order chi connectivity index (χ0) is 18.4. The molecular formula is C19H27N5O3. The smallest absolute Gasteiger partial charge is 0.410 e. The molecule has 146 valence electrons. The zero-order valence-electron chi connectivity index (χ0n) is 15.6. The van der Waals surface area contributed by atoms with Crippen LogP contribution >= 0.6 is 0 Å². The van der Waals surface area contributed by atoms with E-state index in [0.717, 1.165) is 63.3 Å². The van der Waals surface area contributed by atoms with Gasteiger partial charge in [-0.1, -0.05) is 6.42 Å². The summed E-state index contributed by atoms with van der Waals surface area (Å²) in [5, 5.41) is 3.30. The summed E-state index contributed by atoms with van der Waals surface area (Å²) in [4.78, 5) is 33.7. The molecule has 0 spiro atoms. The van der Waals surface area contributed by atoms with E-state index < -0.39 is 0 Å². The van der Waals surface area contributed by atoms with E-state index in [9.17, 15) is 9.59 Å². The van der Waals surface area contributed by atoms with Crippen LogP contribution in [-0.2, 0) is 17.7 Å². The molecule has 8 nitrogen and oxygen atoms in total. The first kappa shape index (κ1) is 17.0. The average molecular weight is 373 g/mol. The van der Waals surface area contributed by atoms with Gasteiger partial charge in [-0.2, -0.15) is 0 Å². The molecule has 0 aromatic carbocycles. The summed E-state index contributed by atoms with van der Waals surface area (Å²) in [5.74, 6) is 1.13. The van der Waals surface area contributed by atoms with Gasteiger partial charge in [0.05, 0.1) is 12.2 Å². The van der Waals surface area contributed by atoms with Crippen LogP contribution in [0.5, 0.6) is 0 Å². The number of aromatic nitrogens is 2. The molecule has 3 saturated heterocycles. The molecule has 0 unspecified atom stereocenters. The van der Waals surface area contributed by atoms with Crippen molar-refractivity contribution in [3.8, 4) is 0 Å². The number of nitrogens with one attached hydrogen (secondary N) is 1. The van der Waals surface area contributed by atoms with Gasteiger partial charge in [-0.25, -0.2) is 9.78 Å². The Bertz CT molecular complexity index is 740. The van der Waals surface area contributed by atoms with E-state index in [1.54, 1.807) is 6.20 Å². The van der Waals surface area contributed by atoms with Gasteiger partial charge in [0.15, 0.2) is 0 Å². The van der Waals surface area contributed by atoms with Gasteiger partial charge in [-0.15, -0.1) is 0 Å².